The Bertz CT molecular complexity index is 1260. The standard InChI is InChI=1S/C28H36N6O3/c1-19(2)21-6-8-23(9-7-21)28(36,27(4)17-32(5)18-27)24-14-22(15-29-16-24)25-30-26(31-37-25)34-12-10-33(11-13-34)20(3)35/h6-9,14-16,19,36H,10-13,17-18H2,1-5H3. The van der Waals surface area contributed by atoms with Crippen LogP contribution in [0.1, 0.15) is 50.3 Å². The number of amides is 1. The molecule has 37 heavy (non-hydrogen) atoms. The molecular formula is C28H36N6O3. The molecule has 0 radical (unpaired) electrons. The second kappa shape index (κ2) is 9.54. The van der Waals surface area contributed by atoms with Crippen LogP contribution in [0.3, 0.4) is 0 Å². The van der Waals surface area contributed by atoms with Gasteiger partial charge in [-0.2, -0.15) is 4.98 Å². The fourth-order valence-electron chi connectivity index (χ4n) is 5.78. The van der Waals surface area contributed by atoms with E-state index in [1.807, 2.05) is 28.0 Å². The summed E-state index contributed by atoms with van der Waals surface area (Å²) in [6.07, 6.45) is 3.42. The summed E-state index contributed by atoms with van der Waals surface area (Å²) in [5, 5.41) is 16.6. The van der Waals surface area contributed by atoms with Gasteiger partial charge in [-0.25, -0.2) is 0 Å². The molecule has 2 aliphatic rings. The molecule has 9 nitrogen and oxygen atoms in total. The van der Waals surface area contributed by atoms with E-state index in [-0.39, 0.29) is 5.91 Å². The number of hydrogen-bond donors (Lipinski definition) is 1. The van der Waals surface area contributed by atoms with E-state index in [1.54, 1.807) is 19.3 Å². The van der Waals surface area contributed by atoms with Crippen molar-refractivity contribution >= 4 is 11.9 Å². The van der Waals surface area contributed by atoms with Gasteiger partial charge >= 0.3 is 0 Å². The van der Waals surface area contributed by atoms with Crippen LogP contribution in [0, 0.1) is 5.41 Å². The minimum Gasteiger partial charge on any atom is -0.380 e. The molecule has 196 valence electrons. The Hall–Kier alpha value is -3.30. The van der Waals surface area contributed by atoms with Gasteiger partial charge in [-0.3, -0.25) is 9.78 Å². The highest BCUT2D eigenvalue weighted by molar-refractivity contribution is 5.73. The van der Waals surface area contributed by atoms with Crippen LogP contribution in [0.25, 0.3) is 11.5 Å². The molecule has 1 amide bonds. The van der Waals surface area contributed by atoms with Crippen molar-refractivity contribution in [3.05, 3.63) is 59.4 Å². The van der Waals surface area contributed by atoms with Crippen molar-refractivity contribution in [2.75, 3.05) is 51.2 Å². The Labute approximate surface area is 218 Å². The normalized spacial score (nSPS) is 19.5. The van der Waals surface area contributed by atoms with Crippen LogP contribution in [-0.2, 0) is 10.4 Å². The van der Waals surface area contributed by atoms with Crippen molar-refractivity contribution in [3.63, 3.8) is 0 Å². The number of carbonyl (C=O) groups is 1. The quantitative estimate of drug-likeness (QED) is 0.547. The minimum absolute atomic E-state index is 0.0778. The smallest absolute Gasteiger partial charge is 0.266 e. The number of hydrogen-bond acceptors (Lipinski definition) is 8. The lowest BCUT2D eigenvalue weighted by Gasteiger charge is -2.55. The maximum atomic E-state index is 12.5. The van der Waals surface area contributed by atoms with Crippen LogP contribution >= 0.6 is 0 Å². The molecule has 9 heteroatoms. The molecule has 3 aromatic rings. The van der Waals surface area contributed by atoms with Crippen molar-refractivity contribution in [2.45, 2.75) is 39.2 Å². The lowest BCUT2D eigenvalue weighted by molar-refractivity contribution is -0.129. The van der Waals surface area contributed by atoms with Gasteiger partial charge in [-0.1, -0.05) is 45.0 Å². The maximum absolute atomic E-state index is 12.5. The van der Waals surface area contributed by atoms with Gasteiger partial charge in [-0.15, -0.1) is 0 Å². The minimum atomic E-state index is -1.25. The molecule has 1 N–H and O–H groups in total. The number of rotatable bonds is 6. The summed E-state index contributed by atoms with van der Waals surface area (Å²) in [5.74, 6) is 1.34. The Morgan fingerprint density at radius 1 is 1.08 bits per heavy atom. The van der Waals surface area contributed by atoms with E-state index in [9.17, 15) is 9.90 Å². The summed E-state index contributed by atoms with van der Waals surface area (Å²) < 4.78 is 5.62. The average Bonchev–Trinajstić information content (AvgIpc) is 3.38. The van der Waals surface area contributed by atoms with E-state index in [2.05, 4.69) is 60.0 Å². The largest absolute Gasteiger partial charge is 0.380 e. The summed E-state index contributed by atoms with van der Waals surface area (Å²) in [6, 6.07) is 10.2. The predicted molar refractivity (Wildman–Crippen MR) is 141 cm³/mol. The van der Waals surface area contributed by atoms with Crippen molar-refractivity contribution < 1.29 is 14.4 Å². The van der Waals surface area contributed by atoms with Gasteiger partial charge in [0.15, 0.2) is 0 Å². The summed E-state index contributed by atoms with van der Waals surface area (Å²) in [5.41, 5.74) is 1.80. The molecule has 0 saturated carbocycles. The molecule has 1 unspecified atom stereocenters. The monoisotopic (exact) mass is 504 g/mol. The molecule has 4 heterocycles. The number of carbonyl (C=O) groups excluding carboxylic acids is 1. The van der Waals surface area contributed by atoms with Gasteiger partial charge in [0, 0.05) is 69.6 Å². The first kappa shape index (κ1) is 25.4. The van der Waals surface area contributed by atoms with Gasteiger partial charge in [0.05, 0.1) is 5.56 Å². The lowest BCUT2D eigenvalue weighted by atomic mass is 9.62. The van der Waals surface area contributed by atoms with Crippen LogP contribution in [0.5, 0.6) is 0 Å². The average molecular weight is 505 g/mol. The van der Waals surface area contributed by atoms with E-state index >= 15 is 0 Å². The summed E-state index contributed by atoms with van der Waals surface area (Å²) in [4.78, 5) is 26.8. The third kappa shape index (κ3) is 4.51. The Balaban J connectivity index is 1.46. The Morgan fingerprint density at radius 2 is 1.76 bits per heavy atom. The van der Waals surface area contributed by atoms with E-state index in [0.717, 1.165) is 18.7 Å². The third-order valence-electron chi connectivity index (χ3n) is 7.93. The zero-order chi connectivity index (χ0) is 26.4. The van der Waals surface area contributed by atoms with Gasteiger partial charge in [0.25, 0.3) is 11.8 Å². The first-order valence-corrected chi connectivity index (χ1v) is 12.9. The summed E-state index contributed by atoms with van der Waals surface area (Å²) >= 11 is 0. The molecule has 2 aromatic heterocycles. The summed E-state index contributed by atoms with van der Waals surface area (Å²) in [6.45, 7) is 12.1. The molecule has 0 bridgehead atoms. The highest BCUT2D eigenvalue weighted by Crippen LogP contribution is 2.50. The van der Waals surface area contributed by atoms with E-state index in [1.165, 1.54) is 5.56 Å². The number of likely N-dealkylation sites (tertiary alicyclic amines) is 1. The fourth-order valence-corrected chi connectivity index (χ4v) is 5.78. The van der Waals surface area contributed by atoms with Crippen LogP contribution in [0.15, 0.2) is 47.2 Å². The van der Waals surface area contributed by atoms with Crippen LogP contribution in [0.4, 0.5) is 5.95 Å². The van der Waals surface area contributed by atoms with Crippen molar-refractivity contribution in [1.29, 1.82) is 0 Å². The summed E-state index contributed by atoms with van der Waals surface area (Å²) in [7, 11) is 2.06. The lowest BCUT2D eigenvalue weighted by Crippen LogP contribution is -2.63. The number of benzene rings is 1. The van der Waals surface area contributed by atoms with Gasteiger partial charge in [-0.05, 0) is 35.3 Å². The van der Waals surface area contributed by atoms with Crippen LogP contribution in [0.2, 0.25) is 0 Å². The second-order valence-corrected chi connectivity index (χ2v) is 11.1. The van der Waals surface area contributed by atoms with Gasteiger partial charge in [0.2, 0.25) is 5.91 Å². The first-order chi connectivity index (χ1) is 17.6. The molecule has 0 aliphatic carbocycles. The van der Waals surface area contributed by atoms with Crippen molar-refractivity contribution in [2.24, 2.45) is 5.41 Å². The molecule has 1 atom stereocenters. The molecule has 2 fully saturated rings. The molecule has 5 rings (SSSR count). The first-order valence-electron chi connectivity index (χ1n) is 12.9. The number of anilines is 1. The number of nitrogens with zero attached hydrogens (tertiary/aromatic N) is 6. The molecule has 2 aliphatic heterocycles. The Kier molecular flexibility index (Phi) is 6.53. The third-order valence-corrected chi connectivity index (χ3v) is 7.93. The second-order valence-electron chi connectivity index (χ2n) is 11.1. The highest BCUT2D eigenvalue weighted by atomic mass is 16.5. The molecule has 0 spiro atoms. The number of aliphatic hydroxyl groups is 1. The zero-order valence-electron chi connectivity index (χ0n) is 22.3. The topological polar surface area (TPSA) is 98.8 Å². The van der Waals surface area contributed by atoms with E-state index in [0.29, 0.717) is 55.1 Å². The van der Waals surface area contributed by atoms with E-state index in [4.69, 9.17) is 4.52 Å². The van der Waals surface area contributed by atoms with E-state index < -0.39 is 11.0 Å². The zero-order valence-corrected chi connectivity index (χ0v) is 22.3. The molecule has 1 aromatic carbocycles. The van der Waals surface area contributed by atoms with Gasteiger partial charge in [0.1, 0.15) is 5.60 Å². The van der Waals surface area contributed by atoms with Crippen molar-refractivity contribution in [1.82, 2.24) is 24.9 Å². The molecular weight excluding hydrogens is 468 g/mol. The maximum Gasteiger partial charge on any atom is 0.266 e. The predicted octanol–water partition coefficient (Wildman–Crippen LogP) is 3.11. The fraction of sp³-hybridized carbons (Fsp3) is 0.500. The Morgan fingerprint density at radius 3 is 2.35 bits per heavy atom. The number of aromatic nitrogens is 3. The van der Waals surface area contributed by atoms with Crippen LogP contribution in [-0.4, -0.2) is 82.3 Å². The molecule has 2 saturated heterocycles. The number of piperazine rings is 1. The number of pyridine rings is 1. The van der Waals surface area contributed by atoms with Crippen LogP contribution < -0.4 is 4.90 Å². The SMILES string of the molecule is CC(=O)N1CCN(c2noc(-c3cncc(C(O)(c4ccc(C(C)C)cc4)C4(C)CN(C)C4)c3)n2)CC1. The van der Waals surface area contributed by atoms with Gasteiger partial charge < -0.3 is 24.3 Å². The van der Waals surface area contributed by atoms with Crippen molar-refractivity contribution in [3.8, 4) is 11.5 Å². The highest BCUT2D eigenvalue weighted by Gasteiger charge is 2.55.